The predicted molar refractivity (Wildman–Crippen MR) is 110 cm³/mol. The highest BCUT2D eigenvalue weighted by Gasteiger charge is 2.25. The van der Waals surface area contributed by atoms with Gasteiger partial charge in [-0.2, -0.15) is 4.98 Å². The highest BCUT2D eigenvalue weighted by atomic mass is 127. The van der Waals surface area contributed by atoms with Gasteiger partial charge >= 0.3 is 0 Å². The molecule has 2 aromatic rings. The number of halogens is 1. The standard InChI is InChI=1S/C18H25N5O2.HI/c1-14-21-17(25-22-14)10-20-18(19-2)23-9-8-16(11-23)13-24-12-15-6-4-3-5-7-15;/h3-7,16H,8-13H2,1-2H3,(H,19,20);1H. The van der Waals surface area contributed by atoms with Crippen molar-refractivity contribution in [3.8, 4) is 0 Å². The fourth-order valence-electron chi connectivity index (χ4n) is 2.98. The molecule has 0 bridgehead atoms. The Bertz CT molecular complexity index is 692. The van der Waals surface area contributed by atoms with Crippen LogP contribution in [-0.2, 0) is 17.9 Å². The molecule has 0 radical (unpaired) electrons. The van der Waals surface area contributed by atoms with Crippen LogP contribution in [0.4, 0.5) is 0 Å². The zero-order valence-electron chi connectivity index (χ0n) is 15.2. The number of ether oxygens (including phenoxy) is 1. The number of hydrogen-bond acceptors (Lipinski definition) is 5. The molecular formula is C18H26IN5O2. The van der Waals surface area contributed by atoms with E-state index < -0.39 is 0 Å². The summed E-state index contributed by atoms with van der Waals surface area (Å²) in [5.41, 5.74) is 1.21. The molecule has 1 aromatic carbocycles. The number of rotatable bonds is 6. The number of hydrogen-bond donors (Lipinski definition) is 1. The zero-order valence-corrected chi connectivity index (χ0v) is 17.6. The number of nitrogens with zero attached hydrogens (tertiary/aromatic N) is 4. The van der Waals surface area contributed by atoms with Gasteiger partial charge in [-0.1, -0.05) is 35.5 Å². The van der Waals surface area contributed by atoms with Crippen molar-refractivity contribution in [1.82, 2.24) is 20.4 Å². The third kappa shape index (κ3) is 5.94. The lowest BCUT2D eigenvalue weighted by Gasteiger charge is -2.21. The van der Waals surface area contributed by atoms with Gasteiger partial charge in [0, 0.05) is 26.1 Å². The summed E-state index contributed by atoms with van der Waals surface area (Å²) >= 11 is 0. The third-order valence-electron chi connectivity index (χ3n) is 4.23. The summed E-state index contributed by atoms with van der Waals surface area (Å²) in [4.78, 5) is 10.8. The van der Waals surface area contributed by atoms with E-state index in [4.69, 9.17) is 9.26 Å². The highest BCUT2D eigenvalue weighted by Crippen LogP contribution is 2.17. The van der Waals surface area contributed by atoms with Crippen molar-refractivity contribution >= 4 is 29.9 Å². The Kier molecular flexibility index (Phi) is 8.30. The topological polar surface area (TPSA) is 75.8 Å². The van der Waals surface area contributed by atoms with Gasteiger partial charge in [-0.05, 0) is 18.9 Å². The summed E-state index contributed by atoms with van der Waals surface area (Å²) < 4.78 is 11.0. The quantitative estimate of drug-likeness (QED) is 0.397. The Labute approximate surface area is 171 Å². The zero-order chi connectivity index (χ0) is 17.5. The minimum absolute atomic E-state index is 0. The second-order valence-corrected chi connectivity index (χ2v) is 6.24. The Morgan fingerprint density at radius 1 is 1.38 bits per heavy atom. The molecule has 1 aliphatic heterocycles. The average molecular weight is 471 g/mol. The summed E-state index contributed by atoms with van der Waals surface area (Å²) in [6, 6.07) is 10.3. The average Bonchev–Trinajstić information content (AvgIpc) is 3.26. The van der Waals surface area contributed by atoms with Crippen LogP contribution < -0.4 is 5.32 Å². The molecule has 1 aliphatic rings. The molecule has 1 saturated heterocycles. The molecule has 26 heavy (non-hydrogen) atoms. The molecule has 0 saturated carbocycles. The maximum Gasteiger partial charge on any atom is 0.246 e. The molecule has 2 heterocycles. The van der Waals surface area contributed by atoms with Crippen molar-refractivity contribution in [1.29, 1.82) is 0 Å². The van der Waals surface area contributed by atoms with E-state index in [0.717, 1.165) is 32.1 Å². The Morgan fingerprint density at radius 2 is 2.19 bits per heavy atom. The van der Waals surface area contributed by atoms with Crippen LogP contribution in [0.15, 0.2) is 39.8 Å². The van der Waals surface area contributed by atoms with Crippen LogP contribution in [0.3, 0.4) is 0 Å². The minimum Gasteiger partial charge on any atom is -0.376 e. The van der Waals surface area contributed by atoms with Crippen LogP contribution in [0.25, 0.3) is 0 Å². The number of guanidine groups is 1. The van der Waals surface area contributed by atoms with Crippen LogP contribution in [0, 0.1) is 12.8 Å². The molecule has 0 spiro atoms. The second-order valence-electron chi connectivity index (χ2n) is 6.24. The molecule has 1 unspecified atom stereocenters. The SMILES string of the molecule is CN=C(NCc1nc(C)no1)N1CCC(COCc2ccccc2)C1.I. The van der Waals surface area contributed by atoms with E-state index in [2.05, 4.69) is 37.5 Å². The number of nitrogens with one attached hydrogen (secondary N) is 1. The summed E-state index contributed by atoms with van der Waals surface area (Å²) in [6.07, 6.45) is 1.11. The Morgan fingerprint density at radius 3 is 2.88 bits per heavy atom. The fraction of sp³-hybridized carbons (Fsp3) is 0.500. The number of aromatic nitrogens is 2. The lowest BCUT2D eigenvalue weighted by atomic mass is 10.1. The number of aliphatic imine (C=N–C) groups is 1. The molecular weight excluding hydrogens is 445 g/mol. The Balaban J connectivity index is 0.00000243. The van der Waals surface area contributed by atoms with Gasteiger partial charge in [0.2, 0.25) is 5.89 Å². The van der Waals surface area contributed by atoms with Gasteiger partial charge in [0.15, 0.2) is 11.8 Å². The van der Waals surface area contributed by atoms with Gasteiger partial charge in [0.05, 0.1) is 19.8 Å². The van der Waals surface area contributed by atoms with Crippen molar-refractivity contribution < 1.29 is 9.26 Å². The third-order valence-corrected chi connectivity index (χ3v) is 4.23. The van der Waals surface area contributed by atoms with Crippen LogP contribution in [0.2, 0.25) is 0 Å². The van der Waals surface area contributed by atoms with Gasteiger partial charge in [-0.25, -0.2) is 0 Å². The van der Waals surface area contributed by atoms with E-state index in [-0.39, 0.29) is 24.0 Å². The number of likely N-dealkylation sites (tertiary alicyclic amines) is 1. The van der Waals surface area contributed by atoms with E-state index in [1.54, 1.807) is 7.05 Å². The molecule has 142 valence electrons. The first-order chi connectivity index (χ1) is 12.2. The summed E-state index contributed by atoms with van der Waals surface area (Å²) in [6.45, 7) is 5.65. The van der Waals surface area contributed by atoms with Gasteiger partial charge in [-0.15, -0.1) is 24.0 Å². The van der Waals surface area contributed by atoms with Crippen LogP contribution in [0.1, 0.15) is 23.7 Å². The summed E-state index contributed by atoms with van der Waals surface area (Å²) in [7, 11) is 1.79. The Hall–Kier alpha value is -1.68. The van der Waals surface area contributed by atoms with Gasteiger partial charge < -0.3 is 19.5 Å². The van der Waals surface area contributed by atoms with Crippen LogP contribution in [0.5, 0.6) is 0 Å². The van der Waals surface area contributed by atoms with Gasteiger partial charge in [0.25, 0.3) is 0 Å². The summed E-state index contributed by atoms with van der Waals surface area (Å²) in [5.74, 6) is 2.60. The molecule has 1 aromatic heterocycles. The van der Waals surface area contributed by atoms with Crippen LogP contribution >= 0.6 is 24.0 Å². The first-order valence-corrected chi connectivity index (χ1v) is 8.61. The van der Waals surface area contributed by atoms with Crippen molar-refractivity contribution in [2.24, 2.45) is 10.9 Å². The number of aryl methyl sites for hydroxylation is 1. The van der Waals surface area contributed by atoms with Crippen molar-refractivity contribution in [3.05, 3.63) is 47.6 Å². The maximum absolute atomic E-state index is 5.88. The van der Waals surface area contributed by atoms with Crippen molar-refractivity contribution in [3.63, 3.8) is 0 Å². The maximum atomic E-state index is 5.88. The highest BCUT2D eigenvalue weighted by molar-refractivity contribution is 14.0. The number of benzene rings is 1. The van der Waals surface area contributed by atoms with E-state index in [1.165, 1.54) is 5.56 Å². The van der Waals surface area contributed by atoms with Gasteiger partial charge in [0.1, 0.15) is 0 Å². The second kappa shape index (κ2) is 10.5. The monoisotopic (exact) mass is 471 g/mol. The largest absolute Gasteiger partial charge is 0.376 e. The van der Waals surface area contributed by atoms with E-state index >= 15 is 0 Å². The van der Waals surface area contributed by atoms with E-state index in [1.807, 2.05) is 25.1 Å². The smallest absolute Gasteiger partial charge is 0.246 e. The first-order valence-electron chi connectivity index (χ1n) is 8.61. The fourth-order valence-corrected chi connectivity index (χ4v) is 2.98. The molecule has 1 atom stereocenters. The van der Waals surface area contributed by atoms with E-state index in [9.17, 15) is 0 Å². The predicted octanol–water partition coefficient (Wildman–Crippen LogP) is 2.61. The van der Waals surface area contributed by atoms with Crippen molar-refractivity contribution in [2.75, 3.05) is 26.7 Å². The summed E-state index contributed by atoms with van der Waals surface area (Å²) in [5, 5.41) is 7.07. The lowest BCUT2D eigenvalue weighted by molar-refractivity contribution is 0.0906. The molecule has 3 rings (SSSR count). The molecule has 1 N–H and O–H groups in total. The molecule has 1 fully saturated rings. The van der Waals surface area contributed by atoms with Gasteiger partial charge in [-0.3, -0.25) is 4.99 Å². The molecule has 8 heteroatoms. The minimum atomic E-state index is 0. The molecule has 7 nitrogen and oxygen atoms in total. The van der Waals surface area contributed by atoms with Crippen LogP contribution in [-0.4, -0.2) is 47.7 Å². The van der Waals surface area contributed by atoms with E-state index in [0.29, 0.717) is 30.8 Å². The normalized spacial score (nSPS) is 17.2. The van der Waals surface area contributed by atoms with Crippen molar-refractivity contribution in [2.45, 2.75) is 26.5 Å². The molecule has 0 aliphatic carbocycles. The first kappa shape index (κ1) is 20.6. The molecule has 0 amide bonds. The lowest BCUT2D eigenvalue weighted by Crippen LogP contribution is -2.39.